The first-order valence-corrected chi connectivity index (χ1v) is 12.1. The van der Waals surface area contributed by atoms with Gasteiger partial charge in [0.1, 0.15) is 23.9 Å². The number of halogens is 1. The number of benzene rings is 1. The van der Waals surface area contributed by atoms with Crippen LogP contribution in [0.1, 0.15) is 32.3 Å². The van der Waals surface area contributed by atoms with Crippen LogP contribution in [0.2, 0.25) is 4.34 Å². The van der Waals surface area contributed by atoms with Crippen molar-refractivity contribution in [3.8, 4) is 5.75 Å². The number of carbonyl (C=O) groups excluding carboxylic acids is 2. The minimum atomic E-state index is -0.508. The summed E-state index contributed by atoms with van der Waals surface area (Å²) in [5.74, 6) is 0.737. The van der Waals surface area contributed by atoms with E-state index in [1.165, 1.54) is 17.7 Å². The molecule has 4 rings (SSSR count). The third kappa shape index (κ3) is 5.04. The first-order valence-electron chi connectivity index (χ1n) is 10.8. The molecule has 1 aliphatic rings. The van der Waals surface area contributed by atoms with Crippen LogP contribution in [-0.4, -0.2) is 56.8 Å². The van der Waals surface area contributed by atoms with Crippen molar-refractivity contribution in [2.75, 3.05) is 18.9 Å². The van der Waals surface area contributed by atoms with Crippen molar-refractivity contribution in [1.29, 1.82) is 0 Å². The number of hydrogen-bond donors (Lipinski definition) is 1. The fourth-order valence-corrected chi connectivity index (χ4v) is 4.92. The highest BCUT2D eigenvalue weighted by Gasteiger charge is 2.40. The zero-order chi connectivity index (χ0) is 23.5. The molecule has 1 saturated heterocycles. The first-order chi connectivity index (χ1) is 15.9. The number of nitrogens with zero attached hydrogens (tertiary/aromatic N) is 4. The molecule has 0 radical (unpaired) electrons. The van der Waals surface area contributed by atoms with E-state index < -0.39 is 6.04 Å². The number of ether oxygens (including phenoxy) is 1. The third-order valence-electron chi connectivity index (χ3n) is 5.81. The SMILES string of the molecule is CCC[C@H]1C(=O)N(Cc2ccc3c(N)ncnc3c2)[C@@H](C)CN1C(=O)COc1csc(Cl)c1. The minimum Gasteiger partial charge on any atom is -0.483 e. The fraction of sp³-hybridized carbons (Fsp3) is 0.391. The Morgan fingerprint density at radius 1 is 1.33 bits per heavy atom. The van der Waals surface area contributed by atoms with Gasteiger partial charge in [-0.05, 0) is 31.0 Å². The van der Waals surface area contributed by atoms with Gasteiger partial charge >= 0.3 is 0 Å². The summed E-state index contributed by atoms with van der Waals surface area (Å²) in [7, 11) is 0. The van der Waals surface area contributed by atoms with Gasteiger partial charge in [-0.25, -0.2) is 9.97 Å². The van der Waals surface area contributed by atoms with Crippen molar-refractivity contribution in [2.45, 2.75) is 45.3 Å². The monoisotopic (exact) mass is 487 g/mol. The molecule has 0 aliphatic carbocycles. The summed E-state index contributed by atoms with van der Waals surface area (Å²) in [6, 6.07) is 6.78. The molecule has 174 valence electrons. The van der Waals surface area contributed by atoms with Crippen LogP contribution in [0.25, 0.3) is 10.9 Å². The standard InChI is InChI=1S/C23H26ClN5O3S/c1-3-4-19-23(31)28(10-15-5-6-17-18(7-15)26-13-27-22(17)25)14(2)9-29(19)21(30)11-32-16-8-20(24)33-12-16/h5-8,12-14,19H,3-4,9-11H2,1-2H3,(H2,25,26,27)/t14-,19-/m0/s1. The van der Waals surface area contributed by atoms with E-state index in [0.717, 1.165) is 22.9 Å². The highest BCUT2D eigenvalue weighted by Crippen LogP contribution is 2.27. The smallest absolute Gasteiger partial charge is 0.261 e. The average Bonchev–Trinajstić information content (AvgIpc) is 3.22. The number of nitrogens with two attached hydrogens (primary N) is 1. The zero-order valence-electron chi connectivity index (χ0n) is 18.5. The van der Waals surface area contributed by atoms with Crippen molar-refractivity contribution in [2.24, 2.45) is 0 Å². The van der Waals surface area contributed by atoms with E-state index in [0.29, 0.717) is 35.4 Å². The van der Waals surface area contributed by atoms with Gasteiger partial charge in [0.25, 0.3) is 5.91 Å². The number of hydrogen-bond acceptors (Lipinski definition) is 7. The van der Waals surface area contributed by atoms with Gasteiger partial charge in [-0.1, -0.05) is 31.0 Å². The lowest BCUT2D eigenvalue weighted by Crippen LogP contribution is -2.62. The van der Waals surface area contributed by atoms with Crippen molar-refractivity contribution in [3.05, 3.63) is 45.9 Å². The molecule has 2 N–H and O–H groups in total. The Morgan fingerprint density at radius 3 is 2.88 bits per heavy atom. The number of piperazine rings is 1. The Kier molecular flexibility index (Phi) is 6.99. The maximum absolute atomic E-state index is 13.5. The average molecular weight is 488 g/mol. The third-order valence-corrected chi connectivity index (χ3v) is 6.88. The quantitative estimate of drug-likeness (QED) is 0.544. The van der Waals surface area contributed by atoms with Gasteiger partial charge < -0.3 is 20.3 Å². The van der Waals surface area contributed by atoms with Crippen LogP contribution in [-0.2, 0) is 16.1 Å². The van der Waals surface area contributed by atoms with Crippen LogP contribution in [0.5, 0.6) is 5.75 Å². The summed E-state index contributed by atoms with van der Waals surface area (Å²) in [4.78, 5) is 38.3. The molecule has 2 aromatic heterocycles. The molecule has 8 nitrogen and oxygen atoms in total. The molecule has 3 heterocycles. The molecule has 0 bridgehead atoms. The van der Waals surface area contributed by atoms with Crippen LogP contribution in [0.4, 0.5) is 5.82 Å². The molecular formula is C23H26ClN5O3S. The second kappa shape index (κ2) is 9.93. The summed E-state index contributed by atoms with van der Waals surface area (Å²) >= 11 is 7.27. The number of aromatic nitrogens is 2. The Labute approximate surface area is 201 Å². The van der Waals surface area contributed by atoms with E-state index in [1.54, 1.807) is 16.3 Å². The first kappa shape index (κ1) is 23.3. The molecular weight excluding hydrogens is 462 g/mol. The molecule has 2 amide bonds. The van der Waals surface area contributed by atoms with Gasteiger partial charge in [-0.3, -0.25) is 9.59 Å². The van der Waals surface area contributed by atoms with Crippen LogP contribution < -0.4 is 10.5 Å². The highest BCUT2D eigenvalue weighted by molar-refractivity contribution is 7.14. The number of anilines is 1. The lowest BCUT2D eigenvalue weighted by Gasteiger charge is -2.44. The lowest BCUT2D eigenvalue weighted by molar-refractivity contribution is -0.156. The summed E-state index contributed by atoms with van der Waals surface area (Å²) in [6.07, 6.45) is 2.82. The minimum absolute atomic E-state index is 0.0511. The molecule has 0 saturated carbocycles. The molecule has 1 aromatic carbocycles. The Hall–Kier alpha value is -2.91. The van der Waals surface area contributed by atoms with E-state index in [-0.39, 0.29) is 24.5 Å². The van der Waals surface area contributed by atoms with E-state index >= 15 is 0 Å². The summed E-state index contributed by atoms with van der Waals surface area (Å²) in [6.45, 7) is 4.73. The van der Waals surface area contributed by atoms with E-state index in [2.05, 4.69) is 9.97 Å². The Balaban J connectivity index is 1.49. The van der Waals surface area contributed by atoms with Crippen LogP contribution >= 0.6 is 22.9 Å². The number of carbonyl (C=O) groups is 2. The second-order valence-corrected chi connectivity index (χ2v) is 9.69. The van der Waals surface area contributed by atoms with Gasteiger partial charge in [-0.2, -0.15) is 0 Å². The Morgan fingerprint density at radius 2 is 2.15 bits per heavy atom. The molecule has 3 aromatic rings. The maximum Gasteiger partial charge on any atom is 0.261 e. The van der Waals surface area contributed by atoms with Crippen LogP contribution in [0.3, 0.4) is 0 Å². The largest absolute Gasteiger partial charge is 0.483 e. The maximum atomic E-state index is 13.5. The molecule has 0 spiro atoms. The van der Waals surface area contributed by atoms with E-state index in [9.17, 15) is 9.59 Å². The number of amides is 2. The molecule has 2 atom stereocenters. The van der Waals surface area contributed by atoms with Gasteiger partial charge in [0.05, 0.1) is 9.85 Å². The molecule has 0 unspecified atom stereocenters. The predicted molar refractivity (Wildman–Crippen MR) is 129 cm³/mol. The molecule has 33 heavy (non-hydrogen) atoms. The summed E-state index contributed by atoms with van der Waals surface area (Å²) < 4.78 is 6.20. The lowest BCUT2D eigenvalue weighted by atomic mass is 10.0. The van der Waals surface area contributed by atoms with Gasteiger partial charge in [0.2, 0.25) is 5.91 Å². The molecule has 10 heteroatoms. The number of rotatable bonds is 7. The summed E-state index contributed by atoms with van der Waals surface area (Å²) in [5.41, 5.74) is 7.62. The van der Waals surface area contributed by atoms with Gasteiger partial charge in [-0.15, -0.1) is 11.3 Å². The zero-order valence-corrected chi connectivity index (χ0v) is 20.1. The van der Waals surface area contributed by atoms with Crippen molar-refractivity contribution in [3.63, 3.8) is 0 Å². The van der Waals surface area contributed by atoms with E-state index in [4.69, 9.17) is 22.1 Å². The second-order valence-electron chi connectivity index (χ2n) is 8.15. The topological polar surface area (TPSA) is 102 Å². The number of thiophene rings is 1. The highest BCUT2D eigenvalue weighted by atomic mass is 35.5. The van der Waals surface area contributed by atoms with Crippen molar-refractivity contribution in [1.82, 2.24) is 19.8 Å². The molecule has 1 aliphatic heterocycles. The number of fused-ring (bicyclic) bond motifs is 1. The molecule has 1 fully saturated rings. The van der Waals surface area contributed by atoms with E-state index in [1.807, 2.05) is 36.9 Å². The fourth-order valence-electron chi connectivity index (χ4n) is 4.13. The van der Waals surface area contributed by atoms with Gasteiger partial charge in [0.15, 0.2) is 6.61 Å². The van der Waals surface area contributed by atoms with Crippen molar-refractivity contribution >= 4 is 51.5 Å². The van der Waals surface area contributed by atoms with Gasteiger partial charge in [0, 0.05) is 36.0 Å². The number of nitrogen functional groups attached to an aromatic ring is 1. The van der Waals surface area contributed by atoms with Crippen molar-refractivity contribution < 1.29 is 14.3 Å². The van der Waals surface area contributed by atoms with Crippen LogP contribution in [0, 0.1) is 0 Å². The summed E-state index contributed by atoms with van der Waals surface area (Å²) in [5, 5.41) is 2.54. The van der Waals surface area contributed by atoms with Crippen LogP contribution in [0.15, 0.2) is 36.0 Å². The predicted octanol–water partition coefficient (Wildman–Crippen LogP) is 3.73. The Bertz CT molecular complexity index is 1170. The normalized spacial score (nSPS) is 18.7.